The topological polar surface area (TPSA) is 66.5 Å². The van der Waals surface area contributed by atoms with Crippen LogP contribution in [0.1, 0.15) is 30.9 Å². The molecule has 0 fully saturated rings. The van der Waals surface area contributed by atoms with Gasteiger partial charge in [0, 0.05) is 24.8 Å². The van der Waals surface area contributed by atoms with Gasteiger partial charge in [-0.3, -0.25) is 4.79 Å². The third kappa shape index (κ3) is 4.89. The van der Waals surface area contributed by atoms with Gasteiger partial charge in [0.05, 0.1) is 10.8 Å². The van der Waals surface area contributed by atoms with E-state index in [0.29, 0.717) is 16.3 Å². The number of hydrogen-bond acceptors (Lipinski definition) is 3. The molecule has 1 atom stereocenters. The van der Waals surface area contributed by atoms with Crippen LogP contribution in [0.5, 0.6) is 0 Å². The van der Waals surface area contributed by atoms with Crippen LogP contribution in [0.4, 0.5) is 5.69 Å². The zero-order chi connectivity index (χ0) is 20.4. The highest BCUT2D eigenvalue weighted by molar-refractivity contribution is 7.89. The Kier molecular flexibility index (Phi) is 6.68. The molecule has 2 aromatic carbocycles. The molecule has 1 N–H and O–H groups in total. The third-order valence-electron chi connectivity index (χ3n) is 4.39. The lowest BCUT2D eigenvalue weighted by Crippen LogP contribution is -2.26. The fourth-order valence-electron chi connectivity index (χ4n) is 2.88. The second-order valence-corrected chi connectivity index (χ2v) is 9.59. The molecule has 0 saturated carbocycles. The molecular formula is C20H25ClN2O3S. The first-order valence-corrected chi connectivity index (χ1v) is 10.5. The average Bonchev–Trinajstić information content (AvgIpc) is 2.58. The minimum atomic E-state index is -3.59. The van der Waals surface area contributed by atoms with Crippen LogP contribution in [0.25, 0.3) is 0 Å². The molecule has 0 bridgehead atoms. The molecule has 0 spiro atoms. The Labute approximate surface area is 166 Å². The molecule has 2 aromatic rings. The first-order chi connectivity index (χ1) is 12.5. The molecule has 7 heteroatoms. The maximum atomic E-state index is 12.9. The van der Waals surface area contributed by atoms with Gasteiger partial charge >= 0.3 is 0 Å². The van der Waals surface area contributed by atoms with Crippen LogP contribution in [0.3, 0.4) is 0 Å². The smallest absolute Gasteiger partial charge is 0.242 e. The van der Waals surface area contributed by atoms with E-state index in [9.17, 15) is 13.2 Å². The van der Waals surface area contributed by atoms with E-state index in [4.69, 9.17) is 11.6 Å². The van der Waals surface area contributed by atoms with E-state index in [0.717, 1.165) is 9.87 Å². The van der Waals surface area contributed by atoms with E-state index in [-0.39, 0.29) is 22.6 Å². The van der Waals surface area contributed by atoms with Crippen molar-refractivity contribution in [3.63, 3.8) is 0 Å². The van der Waals surface area contributed by atoms with Gasteiger partial charge in [-0.1, -0.05) is 43.6 Å². The van der Waals surface area contributed by atoms with Gasteiger partial charge in [0.15, 0.2) is 0 Å². The molecule has 0 saturated heterocycles. The molecule has 0 unspecified atom stereocenters. The minimum Gasteiger partial charge on any atom is -0.326 e. The van der Waals surface area contributed by atoms with Gasteiger partial charge in [-0.2, -0.15) is 0 Å². The fraction of sp³-hybridized carbons (Fsp3) is 0.350. The lowest BCUT2D eigenvalue weighted by atomic mass is 9.87. The zero-order valence-electron chi connectivity index (χ0n) is 16.2. The molecule has 0 radical (unpaired) electrons. The Morgan fingerprint density at radius 2 is 1.67 bits per heavy atom. The molecule has 0 aliphatic heterocycles. The minimum absolute atomic E-state index is 0.0570. The maximum absolute atomic E-state index is 12.9. The van der Waals surface area contributed by atoms with Gasteiger partial charge in [-0.15, -0.1) is 0 Å². The molecule has 146 valence electrons. The van der Waals surface area contributed by atoms with Crippen LogP contribution in [0.15, 0.2) is 47.4 Å². The van der Waals surface area contributed by atoms with Crippen LogP contribution >= 0.6 is 11.6 Å². The average molecular weight is 409 g/mol. The monoisotopic (exact) mass is 408 g/mol. The highest BCUT2D eigenvalue weighted by Crippen LogP contribution is 2.28. The first kappa shape index (κ1) is 21.4. The zero-order valence-corrected chi connectivity index (χ0v) is 17.7. The largest absolute Gasteiger partial charge is 0.326 e. The molecule has 0 aromatic heterocycles. The van der Waals surface area contributed by atoms with E-state index in [1.54, 1.807) is 31.2 Å². The molecule has 5 nitrogen and oxygen atoms in total. The number of benzene rings is 2. The highest BCUT2D eigenvalue weighted by Gasteiger charge is 2.25. The first-order valence-electron chi connectivity index (χ1n) is 8.63. The highest BCUT2D eigenvalue weighted by atomic mass is 35.5. The normalized spacial score (nSPS) is 13.0. The molecule has 27 heavy (non-hydrogen) atoms. The van der Waals surface area contributed by atoms with Crippen molar-refractivity contribution in [1.29, 1.82) is 0 Å². The van der Waals surface area contributed by atoms with Crippen LogP contribution in [-0.2, 0) is 14.8 Å². The van der Waals surface area contributed by atoms with Gasteiger partial charge in [-0.05, 0) is 48.2 Å². The van der Waals surface area contributed by atoms with E-state index < -0.39 is 10.0 Å². The second kappa shape index (κ2) is 8.42. The Hall–Kier alpha value is -1.89. The summed E-state index contributed by atoms with van der Waals surface area (Å²) >= 11 is 5.94. The van der Waals surface area contributed by atoms with Crippen LogP contribution < -0.4 is 5.32 Å². The Balaban J connectivity index is 2.35. The number of sulfonamides is 1. The Morgan fingerprint density at radius 1 is 1.07 bits per heavy atom. The number of carbonyl (C=O) groups excluding carboxylic acids is 1. The van der Waals surface area contributed by atoms with Crippen molar-refractivity contribution in [1.82, 2.24) is 4.31 Å². The second-order valence-electron chi connectivity index (χ2n) is 7.03. The van der Waals surface area contributed by atoms with E-state index in [1.807, 2.05) is 26.0 Å². The maximum Gasteiger partial charge on any atom is 0.242 e. The van der Waals surface area contributed by atoms with Crippen molar-refractivity contribution in [2.24, 2.45) is 5.92 Å². The van der Waals surface area contributed by atoms with Crippen LogP contribution in [0, 0.1) is 12.8 Å². The van der Waals surface area contributed by atoms with E-state index in [1.165, 1.54) is 20.2 Å². The van der Waals surface area contributed by atoms with Crippen molar-refractivity contribution < 1.29 is 13.2 Å². The van der Waals surface area contributed by atoms with Gasteiger partial charge < -0.3 is 5.32 Å². The summed E-state index contributed by atoms with van der Waals surface area (Å²) in [5.41, 5.74) is 1.94. The number of carbonyl (C=O) groups is 1. The van der Waals surface area contributed by atoms with E-state index in [2.05, 4.69) is 5.32 Å². The van der Waals surface area contributed by atoms with Crippen molar-refractivity contribution in [2.45, 2.75) is 31.6 Å². The Bertz CT molecular complexity index is 923. The summed E-state index contributed by atoms with van der Waals surface area (Å²) in [6.45, 7) is 5.67. The Morgan fingerprint density at radius 3 is 2.19 bits per heavy atom. The summed E-state index contributed by atoms with van der Waals surface area (Å²) in [4.78, 5) is 13.1. The number of rotatable bonds is 6. The number of halogens is 1. The molecule has 0 aliphatic carbocycles. The number of amides is 1. The third-order valence-corrected chi connectivity index (χ3v) is 6.60. The lowest BCUT2D eigenvalue weighted by molar-refractivity contribution is -0.118. The predicted molar refractivity (Wildman–Crippen MR) is 110 cm³/mol. The molecule has 0 heterocycles. The molecule has 0 aliphatic rings. The summed E-state index contributed by atoms with van der Waals surface area (Å²) in [6.07, 6.45) is 0. The van der Waals surface area contributed by atoms with Crippen LogP contribution in [0.2, 0.25) is 5.02 Å². The molecule has 2 rings (SSSR count). The van der Waals surface area contributed by atoms with Gasteiger partial charge in [0.25, 0.3) is 0 Å². The summed E-state index contributed by atoms with van der Waals surface area (Å²) in [5.74, 6) is -0.511. The van der Waals surface area contributed by atoms with Crippen molar-refractivity contribution >= 4 is 33.2 Å². The van der Waals surface area contributed by atoms with Crippen molar-refractivity contribution in [3.8, 4) is 0 Å². The van der Waals surface area contributed by atoms with Gasteiger partial charge in [-0.25, -0.2) is 12.7 Å². The summed E-state index contributed by atoms with van der Waals surface area (Å²) in [7, 11) is -0.629. The summed E-state index contributed by atoms with van der Waals surface area (Å²) in [6, 6.07) is 12.1. The number of nitrogens with one attached hydrogen (secondary N) is 1. The van der Waals surface area contributed by atoms with E-state index >= 15 is 0 Å². The predicted octanol–water partition coefficient (Wildman–Crippen LogP) is 4.28. The van der Waals surface area contributed by atoms with Crippen molar-refractivity contribution in [2.75, 3.05) is 19.4 Å². The van der Waals surface area contributed by atoms with Crippen molar-refractivity contribution in [3.05, 3.63) is 58.6 Å². The summed E-state index contributed by atoms with van der Waals surface area (Å²) < 4.78 is 26.1. The van der Waals surface area contributed by atoms with Gasteiger partial charge in [0.2, 0.25) is 15.9 Å². The fourth-order valence-corrected chi connectivity index (χ4v) is 4.15. The SMILES string of the molecule is Cc1ccc(NC(=O)[C@H](c2ccc(Cl)cc2)C(C)C)cc1S(=O)(=O)N(C)C. The number of anilines is 1. The number of nitrogens with zero attached hydrogens (tertiary/aromatic N) is 1. The number of aryl methyl sites for hydroxylation is 1. The number of hydrogen-bond donors (Lipinski definition) is 1. The lowest BCUT2D eigenvalue weighted by Gasteiger charge is -2.21. The molecular weight excluding hydrogens is 384 g/mol. The standard InChI is InChI=1S/C20H25ClN2O3S/c1-13(2)19(15-7-9-16(21)10-8-15)20(24)22-17-11-6-14(3)18(12-17)27(25,26)23(4)5/h6-13,19H,1-5H3,(H,22,24)/t19-/m0/s1. The molecule has 1 amide bonds. The quantitative estimate of drug-likeness (QED) is 0.775. The summed E-state index contributed by atoms with van der Waals surface area (Å²) in [5, 5.41) is 3.47. The van der Waals surface area contributed by atoms with Crippen LogP contribution in [-0.4, -0.2) is 32.7 Å². The van der Waals surface area contributed by atoms with Gasteiger partial charge in [0.1, 0.15) is 0 Å².